The Hall–Kier alpha value is -1.54. The smallest absolute Gasteiger partial charge is 0.237 e. The third kappa shape index (κ3) is 4.98. The highest BCUT2D eigenvalue weighted by Crippen LogP contribution is 2.37. The number of carbonyl (C=O) groups is 2. The van der Waals surface area contributed by atoms with Crippen molar-refractivity contribution in [3.8, 4) is 0 Å². The number of nitrogens with one attached hydrogen (secondary N) is 2. The van der Waals surface area contributed by atoms with Crippen molar-refractivity contribution in [3.63, 3.8) is 0 Å². The molecule has 1 aromatic carbocycles. The molecule has 1 unspecified atom stereocenters. The molecule has 1 aliphatic rings. The van der Waals surface area contributed by atoms with Crippen LogP contribution in [-0.4, -0.2) is 36.8 Å². The van der Waals surface area contributed by atoms with Gasteiger partial charge in [-0.25, -0.2) is 8.42 Å². The molecular weight excluding hydrogens is 360 g/mol. The Morgan fingerprint density at radius 2 is 2.04 bits per heavy atom. The van der Waals surface area contributed by atoms with E-state index in [1.54, 1.807) is 19.1 Å². The van der Waals surface area contributed by atoms with Gasteiger partial charge in [-0.15, -0.1) is 11.8 Å². The van der Waals surface area contributed by atoms with Crippen LogP contribution in [0, 0.1) is 0 Å². The quantitative estimate of drug-likeness (QED) is 0.786. The Balaban J connectivity index is 2.09. The van der Waals surface area contributed by atoms with Crippen LogP contribution in [0.4, 0.5) is 5.69 Å². The standard InChI is InChI=1S/C17H24N2O4S2/c1-5-17(3,4)19-15(20)8-9-25(22,23)12-6-7-13-14(10-12)24-11(2)16(21)18-13/h6-7,10-11H,5,8-9H2,1-4H3,(H,18,21)(H,19,20). The molecule has 0 aliphatic carbocycles. The van der Waals surface area contributed by atoms with Crippen LogP contribution in [0.15, 0.2) is 28.0 Å². The fraction of sp³-hybridized carbons (Fsp3) is 0.529. The summed E-state index contributed by atoms with van der Waals surface area (Å²) in [6, 6.07) is 4.64. The molecule has 8 heteroatoms. The average molecular weight is 385 g/mol. The summed E-state index contributed by atoms with van der Waals surface area (Å²) in [6.07, 6.45) is 0.681. The van der Waals surface area contributed by atoms with E-state index in [1.165, 1.54) is 17.8 Å². The number of sulfone groups is 1. The molecule has 1 aromatic rings. The van der Waals surface area contributed by atoms with Gasteiger partial charge in [0.2, 0.25) is 11.8 Å². The summed E-state index contributed by atoms with van der Waals surface area (Å²) in [4.78, 5) is 24.5. The third-order valence-electron chi connectivity index (χ3n) is 4.20. The van der Waals surface area contributed by atoms with Crippen molar-refractivity contribution in [1.82, 2.24) is 5.32 Å². The number of amides is 2. The van der Waals surface area contributed by atoms with E-state index in [4.69, 9.17) is 0 Å². The molecule has 2 rings (SSSR count). The van der Waals surface area contributed by atoms with Crippen molar-refractivity contribution >= 4 is 39.1 Å². The molecule has 0 saturated heterocycles. The van der Waals surface area contributed by atoms with Crippen LogP contribution in [0.5, 0.6) is 0 Å². The fourth-order valence-electron chi connectivity index (χ4n) is 2.25. The first-order chi connectivity index (χ1) is 11.5. The highest BCUT2D eigenvalue weighted by molar-refractivity contribution is 8.01. The summed E-state index contributed by atoms with van der Waals surface area (Å²) in [6.45, 7) is 7.52. The number of benzene rings is 1. The molecule has 0 saturated carbocycles. The fourth-order valence-corrected chi connectivity index (χ4v) is 4.57. The largest absolute Gasteiger partial charge is 0.351 e. The normalized spacial score (nSPS) is 17.6. The Morgan fingerprint density at radius 3 is 2.68 bits per heavy atom. The Labute approximate surface area is 153 Å². The average Bonchev–Trinajstić information content (AvgIpc) is 2.53. The highest BCUT2D eigenvalue weighted by Gasteiger charge is 2.26. The molecule has 138 valence electrons. The van der Waals surface area contributed by atoms with E-state index in [1.807, 2.05) is 20.8 Å². The summed E-state index contributed by atoms with van der Waals surface area (Å²) in [5.41, 5.74) is 0.270. The minimum Gasteiger partial charge on any atom is -0.351 e. The monoisotopic (exact) mass is 384 g/mol. The molecule has 0 aromatic heterocycles. The molecule has 1 atom stereocenters. The molecule has 0 bridgehead atoms. The van der Waals surface area contributed by atoms with Crippen LogP contribution in [0.25, 0.3) is 0 Å². The predicted octanol–water partition coefficient (Wildman–Crippen LogP) is 2.59. The summed E-state index contributed by atoms with van der Waals surface area (Å²) in [5.74, 6) is -0.615. The maximum atomic E-state index is 12.5. The van der Waals surface area contributed by atoms with Crippen LogP contribution in [0.2, 0.25) is 0 Å². The zero-order valence-corrected chi connectivity index (χ0v) is 16.5. The molecule has 1 heterocycles. The van der Waals surface area contributed by atoms with E-state index in [-0.39, 0.29) is 39.7 Å². The molecule has 1 aliphatic heterocycles. The lowest BCUT2D eigenvalue weighted by Crippen LogP contribution is -2.43. The van der Waals surface area contributed by atoms with Crippen LogP contribution in [-0.2, 0) is 19.4 Å². The molecular formula is C17H24N2O4S2. The van der Waals surface area contributed by atoms with Gasteiger partial charge in [0.15, 0.2) is 9.84 Å². The van der Waals surface area contributed by atoms with Gasteiger partial charge in [-0.05, 0) is 45.4 Å². The van der Waals surface area contributed by atoms with Gasteiger partial charge >= 0.3 is 0 Å². The summed E-state index contributed by atoms with van der Waals surface area (Å²) in [5, 5.41) is 5.32. The number of carbonyl (C=O) groups excluding carboxylic acids is 2. The van der Waals surface area contributed by atoms with Crippen molar-refractivity contribution in [1.29, 1.82) is 0 Å². The minimum atomic E-state index is -3.57. The molecule has 25 heavy (non-hydrogen) atoms. The van der Waals surface area contributed by atoms with Gasteiger partial charge in [-0.3, -0.25) is 9.59 Å². The van der Waals surface area contributed by atoms with Gasteiger partial charge in [0, 0.05) is 16.9 Å². The molecule has 2 N–H and O–H groups in total. The van der Waals surface area contributed by atoms with Crippen LogP contribution in [0.3, 0.4) is 0 Å². The molecule has 0 spiro atoms. The van der Waals surface area contributed by atoms with Crippen molar-refractivity contribution in [2.45, 2.75) is 61.1 Å². The zero-order valence-electron chi connectivity index (χ0n) is 14.9. The molecule has 0 radical (unpaired) electrons. The van der Waals surface area contributed by atoms with Crippen molar-refractivity contribution in [3.05, 3.63) is 18.2 Å². The molecule has 2 amide bonds. The number of thioether (sulfide) groups is 1. The Morgan fingerprint density at radius 1 is 1.36 bits per heavy atom. The van der Waals surface area contributed by atoms with E-state index in [0.29, 0.717) is 5.69 Å². The van der Waals surface area contributed by atoms with Crippen LogP contribution >= 0.6 is 11.8 Å². The van der Waals surface area contributed by atoms with Gasteiger partial charge in [0.25, 0.3) is 0 Å². The second kappa shape index (κ2) is 7.37. The maximum Gasteiger partial charge on any atom is 0.237 e. The first-order valence-electron chi connectivity index (χ1n) is 8.19. The van der Waals surface area contributed by atoms with Crippen molar-refractivity contribution in [2.75, 3.05) is 11.1 Å². The minimum absolute atomic E-state index is 0.0802. The lowest BCUT2D eigenvalue weighted by Gasteiger charge is -2.24. The first kappa shape index (κ1) is 19.8. The second-order valence-corrected chi connectivity index (χ2v) is 10.3. The van der Waals surface area contributed by atoms with Gasteiger partial charge in [-0.1, -0.05) is 6.92 Å². The summed E-state index contributed by atoms with van der Waals surface area (Å²) in [7, 11) is -3.57. The van der Waals surface area contributed by atoms with Crippen molar-refractivity contribution < 1.29 is 18.0 Å². The van der Waals surface area contributed by atoms with Gasteiger partial charge in [0.1, 0.15) is 0 Å². The SMILES string of the molecule is CCC(C)(C)NC(=O)CCS(=O)(=O)c1ccc2c(c1)SC(C)C(=O)N2. The number of rotatable bonds is 6. The number of hydrogen-bond donors (Lipinski definition) is 2. The predicted molar refractivity (Wildman–Crippen MR) is 99.6 cm³/mol. The van der Waals surface area contributed by atoms with Crippen molar-refractivity contribution in [2.24, 2.45) is 0 Å². The maximum absolute atomic E-state index is 12.5. The molecule has 6 nitrogen and oxygen atoms in total. The van der Waals surface area contributed by atoms with E-state index in [0.717, 1.165) is 11.3 Å². The topological polar surface area (TPSA) is 92.3 Å². The van der Waals surface area contributed by atoms with Gasteiger partial charge < -0.3 is 10.6 Å². The van der Waals surface area contributed by atoms with Gasteiger partial charge in [0.05, 0.1) is 21.6 Å². The van der Waals surface area contributed by atoms with E-state index in [9.17, 15) is 18.0 Å². The number of hydrogen-bond acceptors (Lipinski definition) is 5. The molecule has 0 fully saturated rings. The first-order valence-corrected chi connectivity index (χ1v) is 10.7. The van der Waals surface area contributed by atoms with E-state index >= 15 is 0 Å². The van der Waals surface area contributed by atoms with Gasteiger partial charge in [-0.2, -0.15) is 0 Å². The zero-order chi connectivity index (χ0) is 18.8. The number of fused-ring (bicyclic) bond motifs is 1. The summed E-state index contributed by atoms with van der Waals surface area (Å²) < 4.78 is 25.1. The van der Waals surface area contributed by atoms with E-state index in [2.05, 4.69) is 10.6 Å². The Bertz CT molecular complexity index is 788. The number of anilines is 1. The second-order valence-electron chi connectivity index (χ2n) is 6.76. The third-order valence-corrected chi connectivity index (χ3v) is 7.08. The van der Waals surface area contributed by atoms with E-state index < -0.39 is 9.84 Å². The lowest BCUT2D eigenvalue weighted by molar-refractivity contribution is -0.122. The van der Waals surface area contributed by atoms with Crippen LogP contribution < -0.4 is 10.6 Å². The van der Waals surface area contributed by atoms with Crippen LogP contribution in [0.1, 0.15) is 40.5 Å². The Kier molecular flexibility index (Phi) is 5.83. The summed E-state index contributed by atoms with van der Waals surface area (Å²) >= 11 is 1.33. The highest BCUT2D eigenvalue weighted by atomic mass is 32.2. The lowest BCUT2D eigenvalue weighted by atomic mass is 10.0.